The van der Waals surface area contributed by atoms with Gasteiger partial charge in [0.15, 0.2) is 17.3 Å². The first-order valence-corrected chi connectivity index (χ1v) is 12.9. The van der Waals surface area contributed by atoms with Crippen LogP contribution in [0.15, 0.2) is 47.1 Å². The molecule has 1 unspecified atom stereocenters. The third-order valence-corrected chi connectivity index (χ3v) is 7.16. The number of likely N-dealkylation sites (N-methyl/N-ethyl adjacent to an activating group) is 1. The number of alkyl halides is 6. The molecule has 2 aromatic carbocycles. The molecule has 7 nitrogen and oxygen atoms in total. The van der Waals surface area contributed by atoms with Gasteiger partial charge in [-0.2, -0.15) is 31.3 Å². The lowest BCUT2D eigenvalue weighted by molar-refractivity contribution is -0.143. The van der Waals surface area contributed by atoms with Gasteiger partial charge in [0.2, 0.25) is 0 Å². The van der Waals surface area contributed by atoms with Gasteiger partial charge in [-0.15, -0.1) is 0 Å². The van der Waals surface area contributed by atoms with Crippen LogP contribution >= 0.6 is 0 Å². The van der Waals surface area contributed by atoms with Crippen LogP contribution in [0.25, 0.3) is 6.08 Å². The summed E-state index contributed by atoms with van der Waals surface area (Å²) in [6, 6.07) is 6.11. The Labute approximate surface area is 233 Å². The van der Waals surface area contributed by atoms with Gasteiger partial charge in [0, 0.05) is 25.2 Å². The van der Waals surface area contributed by atoms with Crippen molar-refractivity contribution >= 4 is 17.9 Å². The predicted octanol–water partition coefficient (Wildman–Crippen LogP) is 6.19. The number of rotatable bonds is 8. The Hall–Kier alpha value is -3.74. The van der Waals surface area contributed by atoms with Crippen LogP contribution < -0.4 is 14.8 Å². The molecular formula is C28H30F6N4O3. The lowest BCUT2D eigenvalue weighted by Crippen LogP contribution is -2.33. The second-order valence-corrected chi connectivity index (χ2v) is 9.89. The molecule has 2 amide bonds. The molecule has 1 saturated heterocycles. The van der Waals surface area contributed by atoms with Crippen molar-refractivity contribution in [3.05, 3.63) is 64.3 Å². The molecule has 222 valence electrons. The van der Waals surface area contributed by atoms with Crippen molar-refractivity contribution in [2.24, 2.45) is 4.99 Å². The van der Waals surface area contributed by atoms with Crippen molar-refractivity contribution < 1.29 is 40.6 Å². The summed E-state index contributed by atoms with van der Waals surface area (Å²) in [7, 11) is 5.03. The normalized spacial score (nSPS) is 19.2. The Morgan fingerprint density at radius 2 is 1.80 bits per heavy atom. The number of carbonyl (C=O) groups excluding carboxylic acids is 1. The molecule has 41 heavy (non-hydrogen) atoms. The lowest BCUT2D eigenvalue weighted by Gasteiger charge is -2.20. The highest BCUT2D eigenvalue weighted by molar-refractivity contribution is 6.13. The quantitative estimate of drug-likeness (QED) is 0.375. The Balaban J connectivity index is 1.50. The molecule has 0 saturated carbocycles. The third-order valence-electron chi connectivity index (χ3n) is 7.16. The first-order valence-electron chi connectivity index (χ1n) is 12.9. The molecular weight excluding hydrogens is 554 g/mol. The zero-order chi connectivity index (χ0) is 29.9. The van der Waals surface area contributed by atoms with E-state index in [-0.39, 0.29) is 17.6 Å². The molecule has 0 radical (unpaired) electrons. The number of nitrogens with zero attached hydrogens (tertiary/aromatic N) is 3. The van der Waals surface area contributed by atoms with Gasteiger partial charge in [-0.25, -0.2) is 4.79 Å². The largest absolute Gasteiger partial charge is 0.493 e. The molecule has 13 heteroatoms. The first-order chi connectivity index (χ1) is 19.3. The van der Waals surface area contributed by atoms with Crippen LogP contribution in [0.1, 0.15) is 41.5 Å². The highest BCUT2D eigenvalue weighted by atomic mass is 19.4. The molecule has 2 aliphatic rings. The number of hydrogen-bond acceptors (Lipinski definition) is 5. The molecule has 4 rings (SSSR count). The summed E-state index contributed by atoms with van der Waals surface area (Å²) in [6.07, 6.45) is -5.04. The number of urea groups is 1. The molecule has 2 heterocycles. The number of likely N-dealkylation sites (tertiary alicyclic amines) is 1. The second-order valence-electron chi connectivity index (χ2n) is 9.89. The van der Waals surface area contributed by atoms with E-state index in [0.717, 1.165) is 31.9 Å². The third kappa shape index (κ3) is 7.13. The summed E-state index contributed by atoms with van der Waals surface area (Å²) < 4.78 is 90.3. The van der Waals surface area contributed by atoms with Crippen LogP contribution in [0.3, 0.4) is 0 Å². The first kappa shape index (κ1) is 30.2. The maximum absolute atomic E-state index is 13.5. The Kier molecular flexibility index (Phi) is 8.86. The number of benzene rings is 2. The van der Waals surface area contributed by atoms with Crippen molar-refractivity contribution in [2.45, 2.75) is 44.3 Å². The number of methoxy groups -OCH3 is 1. The maximum atomic E-state index is 13.5. The molecule has 0 aliphatic carbocycles. The molecule has 0 aromatic heterocycles. The molecule has 1 fully saturated rings. The van der Waals surface area contributed by atoms with Gasteiger partial charge in [0.05, 0.1) is 23.9 Å². The SMILES string of the molecule is COc1cc(C=C2C(NCCC3CCCN3C)=NC(=O)N2C)ccc1OCc1ccc(C(F)(F)F)cc1C(F)(F)F. The number of amidine groups is 1. The summed E-state index contributed by atoms with van der Waals surface area (Å²) in [5.74, 6) is 0.702. The van der Waals surface area contributed by atoms with E-state index in [1.165, 1.54) is 18.1 Å². The average molecular weight is 585 g/mol. The number of hydrogen-bond donors (Lipinski definition) is 1. The molecule has 0 spiro atoms. The summed E-state index contributed by atoms with van der Waals surface area (Å²) in [6.45, 7) is 1.05. The van der Waals surface area contributed by atoms with Crippen LogP contribution in [-0.4, -0.2) is 62.0 Å². The fourth-order valence-corrected chi connectivity index (χ4v) is 4.84. The van der Waals surface area contributed by atoms with Crippen molar-refractivity contribution in [3.8, 4) is 11.5 Å². The number of nitrogens with one attached hydrogen (secondary N) is 1. The van der Waals surface area contributed by atoms with E-state index in [9.17, 15) is 31.1 Å². The number of halogens is 6. The number of aliphatic imine (C=N–C) groups is 1. The number of ether oxygens (including phenoxy) is 2. The predicted molar refractivity (Wildman–Crippen MR) is 141 cm³/mol. The zero-order valence-corrected chi connectivity index (χ0v) is 22.7. The highest BCUT2D eigenvalue weighted by Gasteiger charge is 2.38. The lowest BCUT2D eigenvalue weighted by atomic mass is 10.0. The van der Waals surface area contributed by atoms with Crippen LogP contribution in [0.2, 0.25) is 0 Å². The standard InChI is InChI=1S/C28H30F6N4O3/c1-37-12-4-5-20(37)10-11-35-25-22(38(2)26(39)36-25)13-17-6-9-23(24(14-17)40-3)41-16-18-7-8-19(27(29,30)31)15-21(18)28(32,33)34/h6-9,13-15,20H,4-5,10-12,16H2,1-3H3,(H,35,36,39). The van der Waals surface area contributed by atoms with Crippen LogP contribution in [0.4, 0.5) is 31.1 Å². The Morgan fingerprint density at radius 3 is 2.44 bits per heavy atom. The zero-order valence-electron chi connectivity index (χ0n) is 22.7. The number of amides is 2. The van der Waals surface area contributed by atoms with Gasteiger partial charge < -0.3 is 19.7 Å². The highest BCUT2D eigenvalue weighted by Crippen LogP contribution is 2.38. The van der Waals surface area contributed by atoms with Gasteiger partial charge in [-0.3, -0.25) is 4.90 Å². The monoisotopic (exact) mass is 584 g/mol. The average Bonchev–Trinajstić information content (AvgIpc) is 3.43. The molecule has 2 aromatic rings. The van der Waals surface area contributed by atoms with Crippen molar-refractivity contribution in [1.29, 1.82) is 0 Å². The molecule has 2 aliphatic heterocycles. The fourth-order valence-electron chi connectivity index (χ4n) is 4.84. The van der Waals surface area contributed by atoms with E-state index in [1.54, 1.807) is 25.3 Å². The van der Waals surface area contributed by atoms with E-state index in [2.05, 4.69) is 22.3 Å². The Bertz CT molecular complexity index is 1340. The van der Waals surface area contributed by atoms with Gasteiger partial charge in [0.1, 0.15) is 6.61 Å². The van der Waals surface area contributed by atoms with E-state index in [0.29, 0.717) is 35.7 Å². The van der Waals surface area contributed by atoms with Gasteiger partial charge in [-0.05, 0) is 68.8 Å². The van der Waals surface area contributed by atoms with Gasteiger partial charge in [-0.1, -0.05) is 12.1 Å². The van der Waals surface area contributed by atoms with Crippen LogP contribution in [0.5, 0.6) is 11.5 Å². The summed E-state index contributed by atoms with van der Waals surface area (Å²) >= 11 is 0. The van der Waals surface area contributed by atoms with Crippen molar-refractivity contribution in [3.63, 3.8) is 0 Å². The summed E-state index contributed by atoms with van der Waals surface area (Å²) in [4.78, 5) is 20.1. The van der Waals surface area contributed by atoms with Crippen molar-refractivity contribution in [2.75, 3.05) is 34.3 Å². The van der Waals surface area contributed by atoms with Crippen molar-refractivity contribution in [1.82, 2.24) is 15.1 Å². The molecule has 1 N–H and O–H groups in total. The van der Waals surface area contributed by atoms with E-state index in [4.69, 9.17) is 9.47 Å². The van der Waals surface area contributed by atoms with Gasteiger partial charge >= 0.3 is 18.4 Å². The van der Waals surface area contributed by atoms with Gasteiger partial charge in [0.25, 0.3) is 0 Å². The minimum Gasteiger partial charge on any atom is -0.493 e. The van der Waals surface area contributed by atoms with Crippen LogP contribution in [0, 0.1) is 0 Å². The van der Waals surface area contributed by atoms with E-state index in [1.807, 2.05) is 0 Å². The minimum atomic E-state index is -5.01. The summed E-state index contributed by atoms with van der Waals surface area (Å²) in [5.41, 5.74) is -2.16. The fraction of sp³-hybridized carbons (Fsp3) is 0.429. The topological polar surface area (TPSA) is 66.4 Å². The summed E-state index contributed by atoms with van der Waals surface area (Å²) in [5, 5.41) is 3.24. The second kappa shape index (κ2) is 12.0. The maximum Gasteiger partial charge on any atom is 0.416 e. The molecule has 1 atom stereocenters. The van der Waals surface area contributed by atoms with E-state index < -0.39 is 41.7 Å². The molecule has 0 bridgehead atoms. The smallest absolute Gasteiger partial charge is 0.416 e. The van der Waals surface area contributed by atoms with Crippen LogP contribution in [-0.2, 0) is 19.0 Å². The Morgan fingerprint density at radius 1 is 1.05 bits per heavy atom. The minimum absolute atomic E-state index is 0.0732. The van der Waals surface area contributed by atoms with E-state index >= 15 is 0 Å². The number of carbonyl (C=O) groups is 1.